The molecule has 2 N–H and O–H groups in total. The van der Waals surface area contributed by atoms with Gasteiger partial charge in [0.05, 0.1) is 0 Å². The molecule has 1 aliphatic rings. The van der Waals surface area contributed by atoms with E-state index in [1.54, 1.807) is 12.4 Å². The fraction of sp³-hybridized carbons (Fsp3) is 0.600. The molecule has 2 rings (SSSR count). The van der Waals surface area contributed by atoms with Gasteiger partial charge in [-0.2, -0.15) is 0 Å². The summed E-state index contributed by atoms with van der Waals surface area (Å²) >= 11 is 0. The third-order valence-corrected chi connectivity index (χ3v) is 2.74. The van der Waals surface area contributed by atoms with Crippen LogP contribution in [-0.2, 0) is 10.3 Å². The summed E-state index contributed by atoms with van der Waals surface area (Å²) < 4.78 is 5.39. The molecule has 1 aromatic rings. The van der Waals surface area contributed by atoms with Gasteiger partial charge in [-0.05, 0) is 19.3 Å². The molecule has 1 aliphatic heterocycles. The second kappa shape index (κ2) is 4.02. The van der Waals surface area contributed by atoms with E-state index in [9.17, 15) is 0 Å². The van der Waals surface area contributed by atoms with E-state index in [1.165, 1.54) is 6.33 Å². The van der Waals surface area contributed by atoms with Crippen LogP contribution in [-0.4, -0.2) is 23.2 Å². The smallest absolute Gasteiger partial charge is 0.115 e. The minimum absolute atomic E-state index is 0.294. The van der Waals surface area contributed by atoms with Gasteiger partial charge in [0, 0.05) is 36.7 Å². The molecule has 4 nitrogen and oxygen atoms in total. The van der Waals surface area contributed by atoms with E-state index in [2.05, 4.69) is 9.97 Å². The van der Waals surface area contributed by atoms with Gasteiger partial charge in [-0.1, -0.05) is 0 Å². The van der Waals surface area contributed by atoms with E-state index in [0.717, 1.165) is 38.0 Å². The average molecular weight is 193 g/mol. The van der Waals surface area contributed by atoms with Gasteiger partial charge in [0.15, 0.2) is 0 Å². The van der Waals surface area contributed by atoms with Crippen LogP contribution in [0.5, 0.6) is 0 Å². The van der Waals surface area contributed by atoms with Crippen LogP contribution in [0.2, 0.25) is 0 Å². The van der Waals surface area contributed by atoms with Gasteiger partial charge in [-0.15, -0.1) is 0 Å². The Morgan fingerprint density at radius 2 is 2.00 bits per heavy atom. The second-order valence-electron chi connectivity index (χ2n) is 3.75. The first kappa shape index (κ1) is 9.55. The number of hydrogen-bond donors (Lipinski definition) is 1. The van der Waals surface area contributed by atoms with Crippen LogP contribution in [0.1, 0.15) is 24.8 Å². The molecule has 0 radical (unpaired) electrons. The van der Waals surface area contributed by atoms with Gasteiger partial charge >= 0.3 is 0 Å². The van der Waals surface area contributed by atoms with Crippen LogP contribution in [0.25, 0.3) is 0 Å². The number of rotatable bonds is 1. The maximum atomic E-state index is 6.32. The van der Waals surface area contributed by atoms with E-state index in [1.807, 2.05) is 0 Å². The zero-order chi connectivity index (χ0) is 9.86. The Kier molecular flexibility index (Phi) is 2.74. The van der Waals surface area contributed by atoms with E-state index in [4.69, 9.17) is 10.5 Å². The molecule has 1 saturated heterocycles. The summed E-state index contributed by atoms with van der Waals surface area (Å²) in [6, 6.07) is 0. The Morgan fingerprint density at radius 1 is 1.21 bits per heavy atom. The second-order valence-corrected chi connectivity index (χ2v) is 3.75. The SMILES string of the molecule is NC1(c2cncnc2)CCCOCC1. The third-order valence-electron chi connectivity index (χ3n) is 2.74. The molecule has 0 bridgehead atoms. The lowest BCUT2D eigenvalue weighted by atomic mass is 9.86. The highest BCUT2D eigenvalue weighted by Crippen LogP contribution is 2.28. The lowest BCUT2D eigenvalue weighted by molar-refractivity contribution is 0.139. The Hall–Kier alpha value is -1.00. The van der Waals surface area contributed by atoms with Crippen molar-refractivity contribution in [2.45, 2.75) is 24.8 Å². The predicted octanol–water partition coefficient (Wildman–Crippen LogP) is 0.831. The molecule has 4 heteroatoms. The van der Waals surface area contributed by atoms with Gasteiger partial charge in [0.2, 0.25) is 0 Å². The van der Waals surface area contributed by atoms with Crippen molar-refractivity contribution in [3.63, 3.8) is 0 Å². The molecule has 76 valence electrons. The maximum Gasteiger partial charge on any atom is 0.115 e. The van der Waals surface area contributed by atoms with Crippen molar-refractivity contribution < 1.29 is 4.74 Å². The first-order chi connectivity index (χ1) is 6.81. The minimum Gasteiger partial charge on any atom is -0.381 e. The molecule has 14 heavy (non-hydrogen) atoms. The van der Waals surface area contributed by atoms with Gasteiger partial charge in [0.1, 0.15) is 6.33 Å². The monoisotopic (exact) mass is 193 g/mol. The standard InChI is InChI=1S/C10H15N3O/c11-10(2-1-4-14-5-3-10)9-6-12-8-13-7-9/h6-8H,1-5,11H2. The topological polar surface area (TPSA) is 61.0 Å². The Morgan fingerprint density at radius 3 is 2.79 bits per heavy atom. The number of hydrogen-bond acceptors (Lipinski definition) is 4. The molecule has 0 amide bonds. The molecular formula is C10H15N3O. The number of aromatic nitrogens is 2. The lowest BCUT2D eigenvalue weighted by Gasteiger charge is -2.26. The molecule has 0 saturated carbocycles. The van der Waals surface area contributed by atoms with Crippen LogP contribution in [0.3, 0.4) is 0 Å². The van der Waals surface area contributed by atoms with E-state index in [0.29, 0.717) is 0 Å². The normalized spacial score (nSPS) is 28.4. The van der Waals surface area contributed by atoms with Crippen LogP contribution in [0.4, 0.5) is 0 Å². The van der Waals surface area contributed by atoms with Gasteiger partial charge in [-0.25, -0.2) is 9.97 Å². The lowest BCUT2D eigenvalue weighted by Crippen LogP contribution is -2.37. The van der Waals surface area contributed by atoms with Gasteiger partial charge in [-0.3, -0.25) is 0 Å². The maximum absolute atomic E-state index is 6.32. The van der Waals surface area contributed by atoms with Crippen LogP contribution < -0.4 is 5.73 Å². The summed E-state index contributed by atoms with van der Waals surface area (Å²) in [6.07, 6.45) is 7.93. The Bertz CT molecular complexity index is 281. The van der Waals surface area contributed by atoms with Crippen molar-refractivity contribution in [3.05, 3.63) is 24.3 Å². The van der Waals surface area contributed by atoms with E-state index < -0.39 is 0 Å². The first-order valence-electron chi connectivity index (χ1n) is 4.93. The summed E-state index contributed by atoms with van der Waals surface area (Å²) in [7, 11) is 0. The highest BCUT2D eigenvalue weighted by Gasteiger charge is 2.28. The Labute approximate surface area is 83.5 Å². The average Bonchev–Trinajstić information content (AvgIpc) is 2.46. The largest absolute Gasteiger partial charge is 0.381 e. The summed E-state index contributed by atoms with van der Waals surface area (Å²) in [5.41, 5.74) is 7.05. The molecule has 0 aliphatic carbocycles. The summed E-state index contributed by atoms with van der Waals surface area (Å²) in [5, 5.41) is 0. The van der Waals surface area contributed by atoms with Crippen molar-refractivity contribution in [1.82, 2.24) is 9.97 Å². The predicted molar refractivity (Wildman–Crippen MR) is 52.6 cm³/mol. The summed E-state index contributed by atoms with van der Waals surface area (Å²) in [5.74, 6) is 0. The zero-order valence-electron chi connectivity index (χ0n) is 8.15. The van der Waals surface area contributed by atoms with Crippen molar-refractivity contribution in [2.24, 2.45) is 5.73 Å². The van der Waals surface area contributed by atoms with Crippen LogP contribution in [0.15, 0.2) is 18.7 Å². The molecule has 1 fully saturated rings. The molecule has 2 heterocycles. The van der Waals surface area contributed by atoms with Crippen molar-refractivity contribution in [1.29, 1.82) is 0 Å². The number of nitrogens with two attached hydrogens (primary N) is 1. The first-order valence-corrected chi connectivity index (χ1v) is 4.93. The molecule has 1 unspecified atom stereocenters. The van der Waals surface area contributed by atoms with Crippen molar-refractivity contribution >= 4 is 0 Å². The van der Waals surface area contributed by atoms with Gasteiger partial charge in [0.25, 0.3) is 0 Å². The molecule has 1 atom stereocenters. The molecule has 1 aromatic heterocycles. The summed E-state index contributed by atoms with van der Waals surface area (Å²) in [6.45, 7) is 1.54. The van der Waals surface area contributed by atoms with Crippen LogP contribution in [0, 0.1) is 0 Å². The quantitative estimate of drug-likeness (QED) is 0.717. The number of nitrogens with zero attached hydrogens (tertiary/aromatic N) is 2. The van der Waals surface area contributed by atoms with Crippen molar-refractivity contribution in [2.75, 3.05) is 13.2 Å². The fourth-order valence-electron chi connectivity index (χ4n) is 1.82. The minimum atomic E-state index is -0.294. The van der Waals surface area contributed by atoms with Gasteiger partial charge < -0.3 is 10.5 Å². The van der Waals surface area contributed by atoms with Crippen LogP contribution >= 0.6 is 0 Å². The number of ether oxygens (including phenoxy) is 1. The Balaban J connectivity index is 2.21. The zero-order valence-corrected chi connectivity index (χ0v) is 8.15. The fourth-order valence-corrected chi connectivity index (χ4v) is 1.82. The molecule has 0 spiro atoms. The molecule has 0 aromatic carbocycles. The highest BCUT2D eigenvalue weighted by molar-refractivity contribution is 5.16. The highest BCUT2D eigenvalue weighted by atomic mass is 16.5. The third kappa shape index (κ3) is 1.91. The molecular weight excluding hydrogens is 178 g/mol. The van der Waals surface area contributed by atoms with E-state index in [-0.39, 0.29) is 5.54 Å². The van der Waals surface area contributed by atoms with Crippen molar-refractivity contribution in [3.8, 4) is 0 Å². The summed E-state index contributed by atoms with van der Waals surface area (Å²) in [4.78, 5) is 8.01. The van der Waals surface area contributed by atoms with E-state index >= 15 is 0 Å².